The number of ether oxygens (including phenoxy) is 1. The van der Waals surface area contributed by atoms with Crippen molar-refractivity contribution in [2.75, 3.05) is 16.5 Å². The third-order valence-electron chi connectivity index (χ3n) is 8.41. The molecule has 5 heteroatoms. The van der Waals surface area contributed by atoms with Crippen LogP contribution in [0.3, 0.4) is 0 Å². The van der Waals surface area contributed by atoms with Gasteiger partial charge in [-0.1, -0.05) is 60.2 Å². The monoisotopic (exact) mass is 589 g/mol. The minimum absolute atomic E-state index is 0.725. The van der Waals surface area contributed by atoms with E-state index in [1.807, 2.05) is 30.5 Å². The van der Waals surface area contributed by atoms with E-state index in [0.29, 0.717) is 0 Å². The van der Waals surface area contributed by atoms with E-state index < -0.39 is 0 Å². The second-order valence-corrected chi connectivity index (χ2v) is 12.5. The van der Waals surface area contributed by atoms with E-state index in [2.05, 4.69) is 127 Å². The van der Waals surface area contributed by atoms with Gasteiger partial charge in [0.2, 0.25) is 0 Å². The first-order valence-corrected chi connectivity index (χ1v) is 15.7. The lowest BCUT2D eigenvalue weighted by molar-refractivity contribution is 0.489. The molecule has 5 aromatic carbocycles. The van der Waals surface area contributed by atoms with Gasteiger partial charge in [0.25, 0.3) is 0 Å². The largest absolute Gasteiger partial charge is 0.456 e. The Labute approximate surface area is 261 Å². The van der Waals surface area contributed by atoms with E-state index in [1.165, 1.54) is 49.2 Å². The zero-order valence-corrected chi connectivity index (χ0v) is 25.7. The van der Waals surface area contributed by atoms with Crippen LogP contribution in [0.25, 0.3) is 31.4 Å². The highest BCUT2D eigenvalue weighted by atomic mass is 32.1. The average molecular weight is 590 g/mol. The van der Waals surface area contributed by atoms with Crippen LogP contribution in [0, 0.1) is 20.8 Å². The van der Waals surface area contributed by atoms with Crippen LogP contribution in [0.2, 0.25) is 0 Å². The molecule has 0 saturated heterocycles. The second kappa shape index (κ2) is 10.5. The summed E-state index contributed by atoms with van der Waals surface area (Å²) in [6.45, 7) is 7.31. The molecule has 0 aliphatic carbocycles. The van der Waals surface area contributed by atoms with Crippen LogP contribution in [0.15, 0.2) is 121 Å². The second-order valence-electron chi connectivity index (χ2n) is 11.5. The van der Waals surface area contributed by atoms with Crippen molar-refractivity contribution in [2.45, 2.75) is 20.8 Å². The van der Waals surface area contributed by atoms with E-state index in [1.54, 1.807) is 11.3 Å². The van der Waals surface area contributed by atoms with Crippen molar-refractivity contribution in [3.8, 4) is 22.8 Å². The van der Waals surface area contributed by atoms with Crippen molar-refractivity contribution in [3.63, 3.8) is 0 Å². The third kappa shape index (κ3) is 4.48. The molecule has 0 saturated carbocycles. The molecule has 4 nitrogen and oxygen atoms in total. The lowest BCUT2D eigenvalue weighted by Crippen LogP contribution is -2.25. The Morgan fingerprint density at radius 2 is 1.43 bits per heavy atom. The molecule has 1 aliphatic rings. The first-order chi connectivity index (χ1) is 21.5. The summed E-state index contributed by atoms with van der Waals surface area (Å²) in [6, 6.07) is 40.6. The Morgan fingerprint density at radius 3 is 2.23 bits per heavy atom. The Hall–Kier alpha value is -5.13. The van der Waals surface area contributed by atoms with Crippen LogP contribution in [0.5, 0.6) is 11.5 Å². The molecule has 2 aromatic heterocycles. The Bertz CT molecular complexity index is 2160. The highest BCUT2D eigenvalue weighted by molar-refractivity contribution is 7.26. The molecule has 0 spiro atoms. The lowest BCUT2D eigenvalue weighted by atomic mass is 10.0. The molecular formula is C39H31N3OS. The molecule has 3 heterocycles. The molecule has 0 atom stereocenters. The standard InChI is InChI=1S/C39H31N3OS/c1-25-19-26(2)38(27(3)20-25)42-24-41(34-15-5-6-16-35(34)42)29-11-10-12-30(23-29)43-36-22-28(33-14-8-9-18-40-33)21-32-31-13-4-7-17-37(31)44-39(32)36/h4-23H,24H2,1-3H3. The van der Waals surface area contributed by atoms with Crippen LogP contribution in [0.4, 0.5) is 22.7 Å². The number of pyridine rings is 1. The van der Waals surface area contributed by atoms with Gasteiger partial charge in [0.05, 0.1) is 21.8 Å². The predicted molar refractivity (Wildman–Crippen MR) is 185 cm³/mol. The average Bonchev–Trinajstić information content (AvgIpc) is 3.61. The minimum Gasteiger partial charge on any atom is -0.456 e. The summed E-state index contributed by atoms with van der Waals surface area (Å²) in [6.07, 6.45) is 1.84. The fraction of sp³-hybridized carbons (Fsp3) is 0.103. The highest BCUT2D eigenvalue weighted by Crippen LogP contribution is 2.47. The van der Waals surface area contributed by atoms with Crippen molar-refractivity contribution >= 4 is 54.3 Å². The quantitative estimate of drug-likeness (QED) is 0.200. The van der Waals surface area contributed by atoms with Crippen LogP contribution in [0.1, 0.15) is 16.7 Å². The number of fused-ring (bicyclic) bond motifs is 4. The van der Waals surface area contributed by atoms with Gasteiger partial charge in [0.1, 0.15) is 18.2 Å². The number of nitrogens with zero attached hydrogens (tertiary/aromatic N) is 3. The lowest BCUT2D eigenvalue weighted by Gasteiger charge is -2.25. The van der Waals surface area contributed by atoms with E-state index in [4.69, 9.17) is 4.74 Å². The van der Waals surface area contributed by atoms with Gasteiger partial charge in [-0.05, 0) is 86.5 Å². The van der Waals surface area contributed by atoms with E-state index in [-0.39, 0.29) is 0 Å². The summed E-state index contributed by atoms with van der Waals surface area (Å²) in [5, 5.41) is 2.42. The number of hydrogen-bond acceptors (Lipinski definition) is 5. The first kappa shape index (κ1) is 26.5. The number of benzene rings is 5. The van der Waals surface area contributed by atoms with Crippen LogP contribution in [-0.4, -0.2) is 11.7 Å². The van der Waals surface area contributed by atoms with Crippen LogP contribution >= 0.6 is 11.3 Å². The Kier molecular flexibility index (Phi) is 6.35. The SMILES string of the molecule is Cc1cc(C)c(N2CN(c3cccc(Oc4cc(-c5ccccn5)cc5c4sc4ccccc45)c3)c3ccccc32)c(C)c1. The van der Waals surface area contributed by atoms with Gasteiger partial charge in [-0.15, -0.1) is 11.3 Å². The van der Waals surface area contributed by atoms with Crippen molar-refractivity contribution in [1.82, 2.24) is 4.98 Å². The van der Waals surface area contributed by atoms with Gasteiger partial charge in [-0.25, -0.2) is 0 Å². The maximum Gasteiger partial charge on any atom is 0.145 e. The third-order valence-corrected chi connectivity index (χ3v) is 9.61. The molecule has 0 radical (unpaired) electrons. The Balaban J connectivity index is 1.20. The fourth-order valence-electron chi connectivity index (χ4n) is 6.62. The molecule has 8 rings (SSSR count). The molecule has 0 amide bonds. The summed E-state index contributed by atoms with van der Waals surface area (Å²) in [4.78, 5) is 9.45. The molecule has 0 N–H and O–H groups in total. The van der Waals surface area contributed by atoms with Gasteiger partial charge >= 0.3 is 0 Å². The van der Waals surface area contributed by atoms with Crippen molar-refractivity contribution < 1.29 is 4.74 Å². The summed E-state index contributed by atoms with van der Waals surface area (Å²) < 4.78 is 9.16. The molecule has 0 unspecified atom stereocenters. The number of rotatable bonds is 5. The summed E-state index contributed by atoms with van der Waals surface area (Å²) in [5.41, 5.74) is 10.6. The molecular weight excluding hydrogens is 559 g/mol. The van der Waals surface area contributed by atoms with Crippen LogP contribution in [-0.2, 0) is 0 Å². The van der Waals surface area contributed by atoms with Crippen molar-refractivity contribution in [1.29, 1.82) is 0 Å². The van der Waals surface area contributed by atoms with Crippen molar-refractivity contribution in [2.24, 2.45) is 0 Å². The molecule has 1 aliphatic heterocycles. The number of anilines is 4. The summed E-state index contributed by atoms with van der Waals surface area (Å²) in [5.74, 6) is 1.65. The van der Waals surface area contributed by atoms with Gasteiger partial charge < -0.3 is 14.5 Å². The van der Waals surface area contributed by atoms with Gasteiger partial charge in [-0.2, -0.15) is 0 Å². The van der Waals surface area contributed by atoms with Gasteiger partial charge in [-0.3, -0.25) is 4.98 Å². The van der Waals surface area contributed by atoms with E-state index in [9.17, 15) is 0 Å². The topological polar surface area (TPSA) is 28.6 Å². The highest BCUT2D eigenvalue weighted by Gasteiger charge is 2.29. The Morgan fingerprint density at radius 1 is 0.682 bits per heavy atom. The number of para-hydroxylation sites is 2. The summed E-state index contributed by atoms with van der Waals surface area (Å²) in [7, 11) is 0. The number of hydrogen-bond donors (Lipinski definition) is 0. The molecule has 214 valence electrons. The van der Waals surface area contributed by atoms with E-state index >= 15 is 0 Å². The smallest absolute Gasteiger partial charge is 0.145 e. The molecule has 0 fully saturated rings. The normalized spacial score (nSPS) is 12.7. The molecule has 44 heavy (non-hydrogen) atoms. The number of aryl methyl sites for hydroxylation is 3. The number of thiophene rings is 1. The first-order valence-electron chi connectivity index (χ1n) is 14.9. The van der Waals surface area contributed by atoms with E-state index in [0.717, 1.165) is 39.8 Å². The van der Waals surface area contributed by atoms with Crippen LogP contribution < -0.4 is 14.5 Å². The van der Waals surface area contributed by atoms with Gasteiger partial charge in [0.15, 0.2) is 0 Å². The van der Waals surface area contributed by atoms with Crippen molar-refractivity contribution in [3.05, 3.63) is 138 Å². The zero-order chi connectivity index (χ0) is 29.8. The maximum absolute atomic E-state index is 6.78. The molecule has 0 bridgehead atoms. The predicted octanol–water partition coefficient (Wildman–Crippen LogP) is 11.1. The number of aromatic nitrogens is 1. The fourth-order valence-corrected chi connectivity index (χ4v) is 7.75. The zero-order valence-electron chi connectivity index (χ0n) is 24.9. The van der Waals surface area contributed by atoms with Gasteiger partial charge in [0, 0.05) is 44.7 Å². The summed E-state index contributed by atoms with van der Waals surface area (Å²) >= 11 is 1.77. The minimum atomic E-state index is 0.725. The maximum atomic E-state index is 6.78. The molecule has 7 aromatic rings.